The van der Waals surface area contributed by atoms with Gasteiger partial charge < -0.3 is 15.4 Å². The van der Waals surface area contributed by atoms with E-state index in [1.165, 1.54) is 0 Å². The van der Waals surface area contributed by atoms with Crippen molar-refractivity contribution in [2.45, 2.75) is 32.9 Å². The number of nitrogens with zero attached hydrogens (tertiary/aromatic N) is 3. The quantitative estimate of drug-likeness (QED) is 0.216. The van der Waals surface area contributed by atoms with Gasteiger partial charge in [0.25, 0.3) is 5.91 Å². The van der Waals surface area contributed by atoms with Gasteiger partial charge in [0, 0.05) is 26.9 Å². The Balaban J connectivity index is 1.34. The molecular formula is C27H28Cl2N6O2. The highest BCUT2D eigenvalue weighted by molar-refractivity contribution is 6.36. The minimum Gasteiger partial charge on any atom is -0.491 e. The van der Waals surface area contributed by atoms with Crippen molar-refractivity contribution < 1.29 is 9.53 Å². The van der Waals surface area contributed by atoms with Gasteiger partial charge in [0.2, 0.25) is 0 Å². The smallest absolute Gasteiger partial charge is 0.251 e. The summed E-state index contributed by atoms with van der Waals surface area (Å²) in [5.74, 6) is 1.43. The van der Waals surface area contributed by atoms with Crippen LogP contribution in [0.1, 0.15) is 36.5 Å². The zero-order valence-corrected chi connectivity index (χ0v) is 22.1. The number of anilines is 1. The average Bonchev–Trinajstić information content (AvgIpc) is 3.44. The molecule has 1 heterocycles. The summed E-state index contributed by atoms with van der Waals surface area (Å²) in [6, 6.07) is 20.8. The van der Waals surface area contributed by atoms with Crippen LogP contribution in [0.4, 0.5) is 5.69 Å². The number of amides is 1. The van der Waals surface area contributed by atoms with Gasteiger partial charge in [-0.2, -0.15) is 0 Å². The Hall–Kier alpha value is -3.62. The van der Waals surface area contributed by atoms with Crippen molar-refractivity contribution in [1.29, 1.82) is 0 Å². The molecule has 10 heteroatoms. The first kappa shape index (κ1) is 26.4. The summed E-state index contributed by atoms with van der Waals surface area (Å²) in [5, 5.41) is 20.9. The van der Waals surface area contributed by atoms with Crippen molar-refractivity contribution in [3.05, 3.63) is 88.2 Å². The minimum atomic E-state index is -0.201. The first-order valence-electron chi connectivity index (χ1n) is 12.0. The van der Waals surface area contributed by atoms with Gasteiger partial charge in [-0.3, -0.25) is 4.79 Å². The number of carbonyl (C=O) groups excluding carboxylic acids is 1. The Morgan fingerprint density at radius 2 is 1.81 bits per heavy atom. The molecule has 8 nitrogen and oxygen atoms in total. The molecule has 0 fully saturated rings. The van der Waals surface area contributed by atoms with E-state index in [4.69, 9.17) is 27.9 Å². The van der Waals surface area contributed by atoms with E-state index < -0.39 is 0 Å². The standard InChI is InChI=1S/C27H28Cl2N6O2/c1-3-17(2)25(16-37-22-11-6-18(7-12-22)23-13-8-20(28)14-24(23)29)31-21-9-4-19(5-10-21)27(36)30-15-26-32-34-35-33-26/h4-14,17,25,31H,3,15-16H2,1-2H3,(H,30,36)(H,32,33,34,35)/t17-,25+/m0/s1. The van der Waals surface area contributed by atoms with Crippen LogP contribution in [-0.4, -0.2) is 39.2 Å². The highest BCUT2D eigenvalue weighted by Gasteiger charge is 2.17. The predicted molar refractivity (Wildman–Crippen MR) is 146 cm³/mol. The Kier molecular flexibility index (Phi) is 8.98. The van der Waals surface area contributed by atoms with Crippen LogP contribution in [0.2, 0.25) is 10.0 Å². The van der Waals surface area contributed by atoms with E-state index in [-0.39, 0.29) is 18.5 Å². The number of hydrogen-bond donors (Lipinski definition) is 3. The number of nitrogens with one attached hydrogen (secondary N) is 3. The van der Waals surface area contributed by atoms with Crippen LogP contribution in [0.25, 0.3) is 11.1 Å². The monoisotopic (exact) mass is 538 g/mol. The Bertz CT molecular complexity index is 1300. The molecule has 1 aromatic heterocycles. The SMILES string of the molecule is CC[C@H](C)[C@@H](COc1ccc(-c2ccc(Cl)cc2Cl)cc1)Nc1ccc(C(=O)NCc2nnn[nH]2)cc1. The maximum Gasteiger partial charge on any atom is 0.251 e. The normalized spacial score (nSPS) is 12.5. The van der Waals surface area contributed by atoms with Crippen LogP contribution in [0.5, 0.6) is 5.75 Å². The van der Waals surface area contributed by atoms with Crippen molar-refractivity contribution in [3.63, 3.8) is 0 Å². The zero-order chi connectivity index (χ0) is 26.2. The minimum absolute atomic E-state index is 0.0778. The van der Waals surface area contributed by atoms with Gasteiger partial charge in [-0.15, -0.1) is 5.10 Å². The molecule has 1 amide bonds. The molecule has 0 unspecified atom stereocenters. The van der Waals surface area contributed by atoms with Crippen molar-refractivity contribution >= 4 is 34.8 Å². The number of benzene rings is 3. The maximum absolute atomic E-state index is 12.4. The molecule has 0 aliphatic carbocycles. The van der Waals surface area contributed by atoms with Gasteiger partial charge in [-0.05, 0) is 70.4 Å². The molecule has 37 heavy (non-hydrogen) atoms. The van der Waals surface area contributed by atoms with E-state index in [9.17, 15) is 4.79 Å². The second kappa shape index (κ2) is 12.6. The molecule has 4 aromatic rings. The first-order valence-corrected chi connectivity index (χ1v) is 12.7. The lowest BCUT2D eigenvalue weighted by molar-refractivity contribution is 0.0950. The molecule has 0 radical (unpaired) electrons. The Morgan fingerprint density at radius 3 is 2.46 bits per heavy atom. The van der Waals surface area contributed by atoms with E-state index in [2.05, 4.69) is 45.1 Å². The molecule has 192 valence electrons. The molecule has 0 saturated heterocycles. The van der Waals surface area contributed by atoms with Gasteiger partial charge in [0.05, 0.1) is 12.6 Å². The molecule has 0 spiro atoms. The Morgan fingerprint density at radius 1 is 1.05 bits per heavy atom. The van der Waals surface area contributed by atoms with E-state index >= 15 is 0 Å². The van der Waals surface area contributed by atoms with Crippen molar-refractivity contribution in [3.8, 4) is 16.9 Å². The highest BCUT2D eigenvalue weighted by Crippen LogP contribution is 2.31. The van der Waals surface area contributed by atoms with Gasteiger partial charge in [0.15, 0.2) is 5.82 Å². The molecule has 0 bridgehead atoms. The third-order valence-electron chi connectivity index (χ3n) is 6.16. The molecular weight excluding hydrogens is 511 g/mol. The Labute approximate surface area is 225 Å². The van der Waals surface area contributed by atoms with Crippen molar-refractivity contribution in [1.82, 2.24) is 25.9 Å². The van der Waals surface area contributed by atoms with Crippen molar-refractivity contribution in [2.24, 2.45) is 5.92 Å². The topological polar surface area (TPSA) is 105 Å². The molecule has 3 aromatic carbocycles. The molecule has 0 saturated carbocycles. The number of aromatic amines is 1. The van der Waals surface area contributed by atoms with E-state index in [1.54, 1.807) is 18.2 Å². The summed E-state index contributed by atoms with van der Waals surface area (Å²) in [4.78, 5) is 12.4. The fraction of sp³-hybridized carbons (Fsp3) is 0.259. The second-order valence-corrected chi connectivity index (χ2v) is 9.55. The first-order chi connectivity index (χ1) is 17.9. The van der Waals surface area contributed by atoms with Crippen LogP contribution in [0.15, 0.2) is 66.7 Å². The number of rotatable bonds is 11. The lowest BCUT2D eigenvalue weighted by atomic mass is 9.99. The van der Waals surface area contributed by atoms with Crippen molar-refractivity contribution in [2.75, 3.05) is 11.9 Å². The van der Waals surface area contributed by atoms with Gasteiger partial charge >= 0.3 is 0 Å². The summed E-state index contributed by atoms with van der Waals surface area (Å²) in [6.07, 6.45) is 0.992. The maximum atomic E-state index is 12.4. The van der Waals surface area contributed by atoms with Crippen LogP contribution in [0.3, 0.4) is 0 Å². The fourth-order valence-corrected chi connectivity index (χ4v) is 4.24. The van der Waals surface area contributed by atoms with Crippen LogP contribution < -0.4 is 15.4 Å². The highest BCUT2D eigenvalue weighted by atomic mass is 35.5. The lowest BCUT2D eigenvalue weighted by Gasteiger charge is -2.25. The van der Waals surface area contributed by atoms with E-state index in [0.717, 1.165) is 29.0 Å². The number of tetrazole rings is 1. The third kappa shape index (κ3) is 7.21. The van der Waals surface area contributed by atoms with Gasteiger partial charge in [-0.25, -0.2) is 5.10 Å². The lowest BCUT2D eigenvalue weighted by Crippen LogP contribution is -2.33. The van der Waals surface area contributed by atoms with Gasteiger partial charge in [0.1, 0.15) is 12.4 Å². The number of hydrogen-bond acceptors (Lipinski definition) is 6. The summed E-state index contributed by atoms with van der Waals surface area (Å²) in [7, 11) is 0. The van der Waals surface area contributed by atoms with E-state index in [1.807, 2.05) is 48.5 Å². The average molecular weight is 539 g/mol. The van der Waals surface area contributed by atoms with Gasteiger partial charge in [-0.1, -0.05) is 61.7 Å². The second-order valence-electron chi connectivity index (χ2n) is 8.70. The number of ether oxygens (including phenoxy) is 1. The van der Waals surface area contributed by atoms with Crippen LogP contribution in [0, 0.1) is 5.92 Å². The number of halogens is 2. The number of aromatic nitrogens is 4. The largest absolute Gasteiger partial charge is 0.491 e. The number of H-pyrrole nitrogens is 1. The molecule has 3 N–H and O–H groups in total. The molecule has 0 aliphatic heterocycles. The summed E-state index contributed by atoms with van der Waals surface area (Å²) in [5.41, 5.74) is 3.38. The summed E-state index contributed by atoms with van der Waals surface area (Å²) in [6.45, 7) is 5.06. The molecule has 2 atom stereocenters. The molecule has 0 aliphatic rings. The van der Waals surface area contributed by atoms with Crippen LogP contribution in [-0.2, 0) is 6.54 Å². The fourth-order valence-electron chi connectivity index (χ4n) is 3.72. The third-order valence-corrected chi connectivity index (χ3v) is 6.71. The number of carbonyl (C=O) groups is 1. The summed E-state index contributed by atoms with van der Waals surface area (Å²) < 4.78 is 6.13. The summed E-state index contributed by atoms with van der Waals surface area (Å²) >= 11 is 12.4. The predicted octanol–water partition coefficient (Wildman–Crippen LogP) is 6.01. The van der Waals surface area contributed by atoms with Crippen LogP contribution >= 0.6 is 23.2 Å². The van der Waals surface area contributed by atoms with E-state index in [0.29, 0.717) is 34.0 Å². The molecule has 4 rings (SSSR count). The zero-order valence-electron chi connectivity index (χ0n) is 20.5.